The minimum Gasteiger partial charge on any atom is -0.340 e. The van der Waals surface area contributed by atoms with Crippen molar-refractivity contribution in [2.45, 2.75) is 46.5 Å². The lowest BCUT2D eigenvalue weighted by molar-refractivity contribution is 0.569. The summed E-state index contributed by atoms with van der Waals surface area (Å²) in [5.41, 5.74) is 7.61. The van der Waals surface area contributed by atoms with Gasteiger partial charge in [0.2, 0.25) is 0 Å². The summed E-state index contributed by atoms with van der Waals surface area (Å²) in [5.74, 6) is 0.919. The quantitative estimate of drug-likeness (QED) is 0.448. The number of rotatable bonds is 4. The minimum absolute atomic E-state index is 0.0704. The highest BCUT2D eigenvalue weighted by atomic mass is 15.3. The summed E-state index contributed by atoms with van der Waals surface area (Å²) in [7, 11) is 0. The molecule has 2 heterocycles. The molecule has 0 amide bonds. The fourth-order valence-corrected chi connectivity index (χ4v) is 3.34. The predicted molar refractivity (Wildman–Crippen MR) is 121 cm³/mol. The maximum absolute atomic E-state index is 5.00. The summed E-state index contributed by atoms with van der Waals surface area (Å²) in [6.45, 7) is 10.8. The average Bonchev–Trinajstić information content (AvgIpc) is 3.13. The van der Waals surface area contributed by atoms with Crippen molar-refractivity contribution in [1.29, 1.82) is 0 Å². The third-order valence-electron chi connectivity index (χ3n) is 5.24. The molecule has 0 aliphatic rings. The van der Waals surface area contributed by atoms with Crippen LogP contribution in [0.3, 0.4) is 0 Å². The molecule has 0 saturated heterocycles. The third kappa shape index (κ3) is 3.88. The zero-order chi connectivity index (χ0) is 20.6. The Morgan fingerprint density at radius 3 is 2.28 bits per heavy atom. The Hall–Kier alpha value is -3.14. The first kappa shape index (κ1) is 19.2. The molecule has 1 N–H and O–H groups in total. The molecular weight excluding hydrogens is 356 g/mol. The smallest absolute Gasteiger partial charge is 0.165 e. The van der Waals surface area contributed by atoms with Crippen molar-refractivity contribution in [3.05, 3.63) is 77.6 Å². The van der Waals surface area contributed by atoms with E-state index in [9.17, 15) is 0 Å². The molecule has 148 valence electrons. The number of nitrogens with one attached hydrogen (secondary N) is 1. The maximum Gasteiger partial charge on any atom is 0.165 e. The lowest BCUT2D eigenvalue weighted by Gasteiger charge is -2.20. The van der Waals surface area contributed by atoms with Crippen molar-refractivity contribution < 1.29 is 0 Å². The highest BCUT2D eigenvalue weighted by molar-refractivity contribution is 5.79. The molecule has 0 aliphatic carbocycles. The molecule has 0 bridgehead atoms. The molecule has 4 nitrogen and oxygen atoms in total. The van der Waals surface area contributed by atoms with E-state index in [1.807, 2.05) is 10.7 Å². The van der Waals surface area contributed by atoms with E-state index >= 15 is 0 Å². The second kappa shape index (κ2) is 7.36. The van der Waals surface area contributed by atoms with Gasteiger partial charge in [0, 0.05) is 22.7 Å². The monoisotopic (exact) mass is 384 g/mol. The van der Waals surface area contributed by atoms with Gasteiger partial charge in [-0.25, -0.2) is 4.98 Å². The number of aromatic nitrogens is 3. The second-order valence-corrected chi connectivity index (χ2v) is 8.61. The average molecular weight is 385 g/mol. The second-order valence-electron chi connectivity index (χ2n) is 8.61. The molecule has 4 aromatic rings. The summed E-state index contributed by atoms with van der Waals surface area (Å²) in [4.78, 5) is 5.00. The van der Waals surface area contributed by atoms with Gasteiger partial charge in [-0.15, -0.1) is 0 Å². The Morgan fingerprint density at radius 1 is 0.966 bits per heavy atom. The van der Waals surface area contributed by atoms with Crippen LogP contribution in [0.15, 0.2) is 60.8 Å². The van der Waals surface area contributed by atoms with Gasteiger partial charge < -0.3 is 5.32 Å². The van der Waals surface area contributed by atoms with Crippen LogP contribution >= 0.6 is 0 Å². The third-order valence-corrected chi connectivity index (χ3v) is 5.24. The Labute approximate surface area is 172 Å². The molecule has 0 atom stereocenters. The maximum atomic E-state index is 5.00. The van der Waals surface area contributed by atoms with Gasteiger partial charge in [-0.05, 0) is 36.6 Å². The Kier molecular flexibility index (Phi) is 4.87. The molecule has 0 saturated carbocycles. The van der Waals surface area contributed by atoms with Gasteiger partial charge >= 0.3 is 0 Å². The van der Waals surface area contributed by atoms with E-state index in [1.165, 1.54) is 11.1 Å². The van der Waals surface area contributed by atoms with E-state index in [0.29, 0.717) is 0 Å². The largest absolute Gasteiger partial charge is 0.340 e. The molecule has 2 aromatic heterocycles. The van der Waals surface area contributed by atoms with Crippen LogP contribution in [-0.2, 0) is 11.8 Å². The van der Waals surface area contributed by atoms with Crippen LogP contribution in [0.25, 0.3) is 16.8 Å². The number of fused-ring (bicyclic) bond motifs is 1. The van der Waals surface area contributed by atoms with Gasteiger partial charge in [-0.3, -0.25) is 0 Å². The van der Waals surface area contributed by atoms with Crippen LogP contribution in [0, 0.1) is 6.92 Å². The molecule has 2 aromatic carbocycles. The van der Waals surface area contributed by atoms with Crippen LogP contribution < -0.4 is 5.32 Å². The van der Waals surface area contributed by atoms with Crippen molar-refractivity contribution in [1.82, 2.24) is 14.6 Å². The zero-order valence-electron chi connectivity index (χ0n) is 17.8. The van der Waals surface area contributed by atoms with E-state index in [1.54, 1.807) is 0 Å². The van der Waals surface area contributed by atoms with Crippen molar-refractivity contribution in [2.24, 2.45) is 0 Å². The van der Waals surface area contributed by atoms with Crippen molar-refractivity contribution in [3.8, 4) is 11.1 Å². The van der Waals surface area contributed by atoms with E-state index < -0.39 is 0 Å². The molecule has 0 spiro atoms. The van der Waals surface area contributed by atoms with E-state index in [4.69, 9.17) is 4.98 Å². The predicted octanol–water partition coefficient (Wildman–Crippen LogP) is 6.31. The van der Waals surface area contributed by atoms with Gasteiger partial charge in [-0.2, -0.15) is 9.61 Å². The summed E-state index contributed by atoms with van der Waals surface area (Å²) >= 11 is 0. The molecule has 0 unspecified atom stereocenters. The van der Waals surface area contributed by atoms with Gasteiger partial charge in [0.1, 0.15) is 5.82 Å². The lowest BCUT2D eigenvalue weighted by Crippen LogP contribution is -2.16. The summed E-state index contributed by atoms with van der Waals surface area (Å²) < 4.78 is 1.90. The number of hydrogen-bond acceptors (Lipinski definition) is 3. The summed E-state index contributed by atoms with van der Waals surface area (Å²) in [6, 6.07) is 19.2. The molecule has 0 fully saturated rings. The first-order valence-corrected chi connectivity index (χ1v) is 10.2. The molecule has 4 rings (SSSR count). The number of aryl methyl sites for hydroxylation is 2. The van der Waals surface area contributed by atoms with E-state index in [0.717, 1.165) is 40.4 Å². The van der Waals surface area contributed by atoms with E-state index in [2.05, 4.69) is 99.6 Å². The topological polar surface area (TPSA) is 42.2 Å². The Bertz CT molecular complexity index is 1130. The normalized spacial score (nSPS) is 11.8. The molecule has 0 radical (unpaired) electrons. The Morgan fingerprint density at radius 2 is 1.66 bits per heavy atom. The first-order valence-electron chi connectivity index (χ1n) is 10.2. The fourth-order valence-electron chi connectivity index (χ4n) is 3.34. The van der Waals surface area contributed by atoms with Crippen LogP contribution in [-0.4, -0.2) is 14.6 Å². The SMILES string of the molecule is CCc1ccc(Nc2cc(C(C)(C)C)nc3c(-c4ccc(C)cc4)cnn23)cc1. The van der Waals surface area contributed by atoms with Crippen LogP contribution in [0.2, 0.25) is 0 Å². The molecule has 0 aliphatic heterocycles. The van der Waals surface area contributed by atoms with Crippen LogP contribution in [0.4, 0.5) is 11.5 Å². The summed E-state index contributed by atoms with van der Waals surface area (Å²) in [6.07, 6.45) is 2.94. The number of nitrogens with zero attached hydrogens (tertiary/aromatic N) is 3. The first-order chi connectivity index (χ1) is 13.8. The molecule has 4 heteroatoms. The molecule has 29 heavy (non-hydrogen) atoms. The highest BCUT2D eigenvalue weighted by Crippen LogP contribution is 2.31. The number of anilines is 2. The van der Waals surface area contributed by atoms with Crippen LogP contribution in [0.5, 0.6) is 0 Å². The molecular formula is C25H28N4. The number of hydrogen-bond donors (Lipinski definition) is 1. The Balaban J connectivity index is 1.85. The van der Waals surface area contributed by atoms with Gasteiger partial charge in [0.25, 0.3) is 0 Å². The minimum atomic E-state index is -0.0704. The van der Waals surface area contributed by atoms with Crippen LogP contribution in [0.1, 0.15) is 44.5 Å². The van der Waals surface area contributed by atoms with E-state index in [-0.39, 0.29) is 5.41 Å². The standard InChI is InChI=1S/C25H28N4/c1-6-18-9-13-20(14-10-18)27-23-15-22(25(3,4)5)28-24-21(16-26-29(23)24)19-11-7-17(2)8-12-19/h7-16,27H,6H2,1-5H3. The van der Waals surface area contributed by atoms with Crippen molar-refractivity contribution in [2.75, 3.05) is 5.32 Å². The zero-order valence-corrected chi connectivity index (χ0v) is 17.8. The fraction of sp³-hybridized carbons (Fsp3) is 0.280. The van der Waals surface area contributed by atoms with Crippen molar-refractivity contribution >= 4 is 17.2 Å². The highest BCUT2D eigenvalue weighted by Gasteiger charge is 2.20. The van der Waals surface area contributed by atoms with Gasteiger partial charge in [0.05, 0.1) is 11.9 Å². The number of benzene rings is 2. The lowest BCUT2D eigenvalue weighted by atomic mass is 9.92. The summed E-state index contributed by atoms with van der Waals surface area (Å²) in [5, 5.41) is 8.21. The van der Waals surface area contributed by atoms with Gasteiger partial charge in [0.15, 0.2) is 5.65 Å². The van der Waals surface area contributed by atoms with Gasteiger partial charge in [-0.1, -0.05) is 69.7 Å². The van der Waals surface area contributed by atoms with Crippen molar-refractivity contribution in [3.63, 3.8) is 0 Å².